The normalized spacial score (nSPS) is 17.8. The van der Waals surface area contributed by atoms with Crippen LogP contribution in [0.15, 0.2) is 120 Å². The Labute approximate surface area is 345 Å². The summed E-state index contributed by atoms with van der Waals surface area (Å²) in [6.45, 7) is 13.9. The molecule has 0 atom stereocenters. The first kappa shape index (κ1) is 36.0. The average Bonchev–Trinajstić information content (AvgIpc) is 3.83. The fourth-order valence-electron chi connectivity index (χ4n) is 12.0. The Balaban J connectivity index is 1.18. The first-order chi connectivity index (χ1) is 28.0. The Bertz CT molecular complexity index is 2650. The standard InChI is InChI=1S/C56H57NO/c1-53(2,3)36-32-44-43-20-17-23-50(52(43)58-51(44)49(33-36)54(4,5)6)57(37-24-26-41-39-18-9-11-21-45(39)55(47(41)34-37)28-13-7-14-29-55)38-25-27-42-40-19-10-12-22-46(40)56(48(42)35-38)30-15-8-16-31-56/h9-12,17-27,32-35H,7-8,13-16,28-31H2,1-6H3. The van der Waals surface area contributed by atoms with E-state index in [-0.39, 0.29) is 21.7 Å². The fourth-order valence-corrected chi connectivity index (χ4v) is 12.0. The Morgan fingerprint density at radius 1 is 0.448 bits per heavy atom. The zero-order valence-corrected chi connectivity index (χ0v) is 35.4. The van der Waals surface area contributed by atoms with Crippen LogP contribution in [0.5, 0.6) is 0 Å². The molecule has 0 unspecified atom stereocenters. The number of fused-ring (bicyclic) bond motifs is 13. The van der Waals surface area contributed by atoms with Gasteiger partial charge in [0.05, 0.1) is 5.69 Å². The number of anilines is 3. The molecule has 2 fully saturated rings. The minimum atomic E-state index is -0.0835. The van der Waals surface area contributed by atoms with Crippen molar-refractivity contribution in [1.29, 1.82) is 0 Å². The summed E-state index contributed by atoms with van der Waals surface area (Å²) in [7, 11) is 0. The smallest absolute Gasteiger partial charge is 0.159 e. The summed E-state index contributed by atoms with van der Waals surface area (Å²) in [6.07, 6.45) is 12.6. The number of hydrogen-bond donors (Lipinski definition) is 0. The summed E-state index contributed by atoms with van der Waals surface area (Å²) in [4.78, 5) is 2.56. The van der Waals surface area contributed by atoms with Gasteiger partial charge in [0.1, 0.15) is 5.58 Å². The summed E-state index contributed by atoms with van der Waals surface area (Å²) < 4.78 is 7.30. The molecule has 1 aromatic heterocycles. The number of furan rings is 1. The van der Waals surface area contributed by atoms with E-state index >= 15 is 0 Å². The molecule has 0 radical (unpaired) electrons. The van der Waals surface area contributed by atoms with Crippen LogP contribution in [-0.2, 0) is 21.7 Å². The van der Waals surface area contributed by atoms with Crippen molar-refractivity contribution in [3.05, 3.63) is 149 Å². The molecule has 0 amide bonds. The van der Waals surface area contributed by atoms with Gasteiger partial charge in [-0.25, -0.2) is 0 Å². The third-order valence-electron chi connectivity index (χ3n) is 14.9. The van der Waals surface area contributed by atoms with Crippen LogP contribution in [0.3, 0.4) is 0 Å². The van der Waals surface area contributed by atoms with Crippen LogP contribution in [0.2, 0.25) is 0 Å². The molecule has 2 spiro atoms. The molecule has 4 aliphatic carbocycles. The van der Waals surface area contributed by atoms with Gasteiger partial charge in [0.2, 0.25) is 0 Å². The summed E-state index contributed by atoms with van der Waals surface area (Å²) in [6, 6.07) is 45.1. The molecule has 4 aliphatic rings. The van der Waals surface area contributed by atoms with E-state index in [0.717, 1.165) is 16.9 Å². The Kier molecular flexibility index (Phi) is 7.90. The number of nitrogens with zero attached hydrogens (tertiary/aromatic N) is 1. The number of rotatable bonds is 3. The van der Waals surface area contributed by atoms with Gasteiger partial charge in [0, 0.05) is 38.5 Å². The highest BCUT2D eigenvalue weighted by Gasteiger charge is 2.46. The van der Waals surface area contributed by atoms with Crippen LogP contribution >= 0.6 is 0 Å². The van der Waals surface area contributed by atoms with Crippen molar-refractivity contribution < 1.29 is 4.42 Å². The maximum Gasteiger partial charge on any atom is 0.159 e. The minimum Gasteiger partial charge on any atom is -0.454 e. The van der Waals surface area contributed by atoms with Crippen molar-refractivity contribution in [2.24, 2.45) is 0 Å². The van der Waals surface area contributed by atoms with Gasteiger partial charge in [0.15, 0.2) is 5.58 Å². The Morgan fingerprint density at radius 2 is 0.966 bits per heavy atom. The van der Waals surface area contributed by atoms with Crippen molar-refractivity contribution in [2.45, 2.75) is 127 Å². The van der Waals surface area contributed by atoms with Crippen LogP contribution in [0, 0.1) is 0 Å². The van der Waals surface area contributed by atoms with E-state index in [2.05, 4.69) is 162 Å². The van der Waals surface area contributed by atoms with E-state index in [9.17, 15) is 0 Å². The second-order valence-electron chi connectivity index (χ2n) is 20.3. The first-order valence-corrected chi connectivity index (χ1v) is 22.3. The second-order valence-corrected chi connectivity index (χ2v) is 20.3. The molecule has 1 heterocycles. The second kappa shape index (κ2) is 12.7. The van der Waals surface area contributed by atoms with Crippen molar-refractivity contribution in [2.75, 3.05) is 4.90 Å². The molecule has 292 valence electrons. The van der Waals surface area contributed by atoms with Crippen molar-refractivity contribution >= 4 is 39.0 Å². The highest BCUT2D eigenvalue weighted by atomic mass is 16.3. The number of hydrogen-bond acceptors (Lipinski definition) is 2. The molecule has 0 bridgehead atoms. The van der Waals surface area contributed by atoms with E-state index in [1.165, 1.54) is 142 Å². The lowest BCUT2D eigenvalue weighted by Crippen LogP contribution is -2.28. The first-order valence-electron chi connectivity index (χ1n) is 22.3. The Hall–Kier alpha value is -5.08. The van der Waals surface area contributed by atoms with Gasteiger partial charge < -0.3 is 9.32 Å². The van der Waals surface area contributed by atoms with Crippen LogP contribution in [-0.4, -0.2) is 0 Å². The van der Waals surface area contributed by atoms with Crippen LogP contribution in [0.4, 0.5) is 17.1 Å². The largest absolute Gasteiger partial charge is 0.454 e. The lowest BCUT2D eigenvalue weighted by molar-refractivity contribution is 0.353. The highest BCUT2D eigenvalue weighted by molar-refractivity contribution is 6.11. The summed E-state index contributed by atoms with van der Waals surface area (Å²) in [5.41, 5.74) is 19.9. The third kappa shape index (κ3) is 5.15. The molecule has 2 saturated carbocycles. The predicted octanol–water partition coefficient (Wildman–Crippen LogP) is 16.1. The van der Waals surface area contributed by atoms with E-state index in [1.54, 1.807) is 0 Å². The monoisotopic (exact) mass is 759 g/mol. The molecule has 7 aromatic rings. The van der Waals surface area contributed by atoms with Gasteiger partial charge in [-0.1, -0.05) is 159 Å². The van der Waals surface area contributed by atoms with Crippen molar-refractivity contribution in [3.63, 3.8) is 0 Å². The maximum absolute atomic E-state index is 7.30. The fraction of sp³-hybridized carbons (Fsp3) is 0.357. The van der Waals surface area contributed by atoms with Gasteiger partial charge in [0.25, 0.3) is 0 Å². The molecule has 2 heteroatoms. The maximum atomic E-state index is 7.30. The van der Waals surface area contributed by atoms with Gasteiger partial charge >= 0.3 is 0 Å². The van der Waals surface area contributed by atoms with Crippen molar-refractivity contribution in [1.82, 2.24) is 0 Å². The van der Waals surface area contributed by atoms with Crippen molar-refractivity contribution in [3.8, 4) is 22.3 Å². The number of benzene rings is 6. The highest BCUT2D eigenvalue weighted by Crippen LogP contribution is 2.59. The molecular weight excluding hydrogens is 703 g/mol. The van der Waals surface area contributed by atoms with Crippen LogP contribution in [0.1, 0.15) is 139 Å². The van der Waals surface area contributed by atoms with Crippen LogP contribution < -0.4 is 4.90 Å². The van der Waals surface area contributed by atoms with E-state index < -0.39 is 0 Å². The molecule has 0 N–H and O–H groups in total. The molecule has 6 aromatic carbocycles. The van der Waals surface area contributed by atoms with Crippen LogP contribution in [0.25, 0.3) is 44.2 Å². The van der Waals surface area contributed by atoms with Gasteiger partial charge in [-0.05, 0) is 123 Å². The summed E-state index contributed by atoms with van der Waals surface area (Å²) in [5.74, 6) is 0. The van der Waals surface area contributed by atoms with Gasteiger partial charge in [-0.2, -0.15) is 0 Å². The predicted molar refractivity (Wildman–Crippen MR) is 244 cm³/mol. The molecule has 0 aliphatic heterocycles. The summed E-state index contributed by atoms with van der Waals surface area (Å²) in [5, 5.41) is 2.40. The zero-order valence-electron chi connectivity index (χ0n) is 35.4. The van der Waals surface area contributed by atoms with E-state index in [1.807, 2.05) is 0 Å². The van der Waals surface area contributed by atoms with Gasteiger partial charge in [-0.3, -0.25) is 0 Å². The molecule has 58 heavy (non-hydrogen) atoms. The van der Waals surface area contributed by atoms with Gasteiger partial charge in [-0.15, -0.1) is 0 Å². The minimum absolute atomic E-state index is 0.00949. The SMILES string of the molecule is CC(C)(C)c1cc(C(C)(C)C)c2oc3c(N(c4ccc5c(c4)C4(CCCCC4)c4ccccc4-5)c4ccc5c(c4)C4(CCCCC4)c4ccccc4-5)cccc3c2c1. The lowest BCUT2D eigenvalue weighted by Gasteiger charge is -2.37. The zero-order chi connectivity index (χ0) is 39.6. The third-order valence-corrected chi connectivity index (χ3v) is 14.9. The van der Waals surface area contributed by atoms with E-state index in [0.29, 0.717) is 0 Å². The Morgan fingerprint density at radius 3 is 1.48 bits per heavy atom. The quantitative estimate of drug-likeness (QED) is 0.178. The number of para-hydroxylation sites is 1. The van der Waals surface area contributed by atoms with E-state index in [4.69, 9.17) is 4.42 Å². The lowest BCUT2D eigenvalue weighted by atomic mass is 9.67. The molecule has 2 nitrogen and oxygen atoms in total. The average molecular weight is 760 g/mol. The summed E-state index contributed by atoms with van der Waals surface area (Å²) >= 11 is 0. The molecule has 0 saturated heterocycles. The topological polar surface area (TPSA) is 16.4 Å². The molecule has 11 rings (SSSR count). The molecular formula is C56H57NO.